The molecule has 6 rings (SSSR count). The number of aliphatic hydroxyl groups excluding tert-OH is 2. The number of amides is 1. The van der Waals surface area contributed by atoms with Crippen molar-refractivity contribution in [3.8, 4) is 23.0 Å². The molecule has 9 atom stereocenters. The number of ketones is 1. The summed E-state index contributed by atoms with van der Waals surface area (Å²) in [4.78, 5) is 48.7. The molecule has 57 heavy (non-hydrogen) atoms. The molecule has 0 spiro atoms. The molecule has 0 aliphatic carbocycles. The van der Waals surface area contributed by atoms with Crippen molar-refractivity contribution < 1.29 is 58.9 Å². The zero-order valence-corrected chi connectivity index (χ0v) is 34.0. The number of carbonyl (C=O) groups is 3. The summed E-state index contributed by atoms with van der Waals surface area (Å²) in [5.74, 6) is -8.57. The molecule has 5 bridgehead atoms. The van der Waals surface area contributed by atoms with E-state index < -0.39 is 88.8 Å². The summed E-state index contributed by atoms with van der Waals surface area (Å²) in [6, 6.07) is 0. The predicted molar refractivity (Wildman–Crippen MR) is 213 cm³/mol. The SMILES string of the molecule is CO[C@H]1/C=C\O[C@@]2(C)Oc3c(C)c(O)c4c(O)c(c(/C=N/c5nccs5)c(O)c4c3C2=O)NC(=O)/C(C)=C\C=C/[C@H](C)[C@H](O)[C@@H](C)[C@@H](O)[C@@H](C)[C@H](OC(C)=O)[C@@H]1C. The zero-order valence-electron chi connectivity index (χ0n) is 33.1. The van der Waals surface area contributed by atoms with E-state index in [4.69, 9.17) is 18.9 Å². The van der Waals surface area contributed by atoms with E-state index >= 15 is 0 Å². The third-order valence-electron chi connectivity index (χ3n) is 10.8. The Bertz CT molecular complexity index is 2160. The van der Waals surface area contributed by atoms with Crippen molar-refractivity contribution in [1.82, 2.24) is 4.98 Å². The van der Waals surface area contributed by atoms with Crippen LogP contribution in [0.3, 0.4) is 0 Å². The molecule has 306 valence electrons. The van der Waals surface area contributed by atoms with E-state index in [1.54, 1.807) is 45.2 Å². The Morgan fingerprint density at radius 1 is 1.00 bits per heavy atom. The van der Waals surface area contributed by atoms with Gasteiger partial charge in [-0.2, -0.15) is 0 Å². The van der Waals surface area contributed by atoms with Crippen molar-refractivity contribution >= 4 is 56.8 Å². The van der Waals surface area contributed by atoms with E-state index in [0.717, 1.165) is 0 Å². The topological polar surface area (TPSA) is 227 Å². The van der Waals surface area contributed by atoms with Gasteiger partial charge in [-0.3, -0.25) is 14.4 Å². The summed E-state index contributed by atoms with van der Waals surface area (Å²) in [5.41, 5.74) is -0.536. The number of fused-ring (bicyclic) bond motifs is 14. The molecule has 3 aromatic rings. The molecular formula is C41H49N3O12S. The number of esters is 1. The summed E-state index contributed by atoms with van der Waals surface area (Å²) < 4.78 is 23.5. The Labute approximate surface area is 334 Å². The lowest BCUT2D eigenvalue weighted by Gasteiger charge is -2.38. The third-order valence-corrected chi connectivity index (χ3v) is 11.4. The number of allylic oxidation sites excluding steroid dienone is 2. The molecule has 0 saturated carbocycles. The van der Waals surface area contributed by atoms with E-state index in [-0.39, 0.29) is 49.6 Å². The van der Waals surface area contributed by atoms with Crippen LogP contribution in [0.4, 0.5) is 10.8 Å². The number of nitrogens with zero attached hydrogens (tertiary/aromatic N) is 2. The number of carbonyl (C=O) groups excluding carboxylic acids is 3. The number of hydrogen-bond donors (Lipinski definition) is 6. The van der Waals surface area contributed by atoms with E-state index in [2.05, 4.69) is 15.3 Å². The van der Waals surface area contributed by atoms with Crippen molar-refractivity contribution in [2.24, 2.45) is 28.7 Å². The molecule has 2 aromatic carbocycles. The summed E-state index contributed by atoms with van der Waals surface area (Å²) in [7, 11) is 1.43. The highest BCUT2D eigenvalue weighted by Crippen LogP contribution is 2.55. The molecule has 15 nitrogen and oxygen atoms in total. The standard InChI is InChI=1S/C41H49N3O12S/c1-18-11-10-12-19(2)39(52)44-30-25(17-43-40-42-14-16-57-40)34(49)27-28(35(30)50)33(48)23(6)37-29(27)38(51)41(8,56-37)54-15-13-26(53-9)20(3)36(55-24(7)45)22(5)32(47)21(4)31(18)46/h10-18,20-22,26,31-32,36,46-50H,1-9H3,(H,44,52)/b11-10-,15-13-,19-12-,43-17+/t18-,20+,21+,22+,26-,31-,32+,36+,41-/m0/s1. The monoisotopic (exact) mass is 807 g/mol. The Morgan fingerprint density at radius 2 is 1.70 bits per heavy atom. The maximum atomic E-state index is 14.3. The minimum atomic E-state index is -2.06. The number of Topliss-reactive ketones (excluding diaryl/α,β-unsaturated/α-hetero) is 1. The average molecular weight is 808 g/mol. The lowest BCUT2D eigenvalue weighted by atomic mass is 9.78. The first kappa shape index (κ1) is 42.8. The van der Waals surface area contributed by atoms with Crippen molar-refractivity contribution in [2.45, 2.75) is 85.6 Å². The fourth-order valence-electron chi connectivity index (χ4n) is 7.27. The Kier molecular flexibility index (Phi) is 12.8. The second-order valence-corrected chi connectivity index (χ2v) is 15.6. The predicted octanol–water partition coefficient (Wildman–Crippen LogP) is 5.96. The number of aliphatic hydroxyl groups is 2. The van der Waals surface area contributed by atoms with Crippen molar-refractivity contribution in [3.63, 3.8) is 0 Å². The number of ether oxygens (including phenoxy) is 4. The third kappa shape index (κ3) is 8.26. The van der Waals surface area contributed by atoms with Gasteiger partial charge in [0.2, 0.25) is 5.13 Å². The fraction of sp³-hybridized carbons (Fsp3) is 0.439. The van der Waals surface area contributed by atoms with Crippen LogP contribution >= 0.6 is 11.3 Å². The first-order valence-corrected chi connectivity index (χ1v) is 19.2. The average Bonchev–Trinajstić information content (AvgIpc) is 3.79. The lowest BCUT2D eigenvalue weighted by molar-refractivity contribution is -0.160. The molecule has 0 radical (unpaired) electrons. The number of hydrogen-bond acceptors (Lipinski definition) is 15. The van der Waals surface area contributed by atoms with E-state index in [0.29, 0.717) is 0 Å². The molecule has 4 heterocycles. The molecule has 6 N–H and O–H groups in total. The van der Waals surface area contributed by atoms with Crippen molar-refractivity contribution in [1.29, 1.82) is 0 Å². The number of aliphatic imine (C=N–C) groups is 1. The van der Waals surface area contributed by atoms with E-state index in [1.807, 2.05) is 0 Å². The number of phenolic OH excluding ortho intramolecular Hbond substituents is 3. The highest BCUT2D eigenvalue weighted by molar-refractivity contribution is 7.13. The largest absolute Gasteiger partial charge is 0.507 e. The highest BCUT2D eigenvalue weighted by atomic mass is 32.1. The van der Waals surface area contributed by atoms with Crippen LogP contribution in [0, 0.1) is 30.6 Å². The molecule has 0 saturated heterocycles. The van der Waals surface area contributed by atoms with Gasteiger partial charge < -0.3 is 49.8 Å². The Balaban J connectivity index is 1.72. The van der Waals surface area contributed by atoms with Crippen LogP contribution in [0.1, 0.15) is 70.0 Å². The van der Waals surface area contributed by atoms with Gasteiger partial charge >= 0.3 is 11.8 Å². The summed E-state index contributed by atoms with van der Waals surface area (Å²) in [5, 5.41) is 62.0. The van der Waals surface area contributed by atoms with Crippen LogP contribution in [0.2, 0.25) is 0 Å². The summed E-state index contributed by atoms with van der Waals surface area (Å²) in [6.45, 7) is 12.4. The Hall–Kier alpha value is -5.29. The number of aromatic nitrogens is 1. The van der Waals surface area contributed by atoms with E-state index in [1.165, 1.54) is 77.0 Å². The highest BCUT2D eigenvalue weighted by Gasteiger charge is 2.50. The van der Waals surface area contributed by atoms with Crippen LogP contribution in [-0.4, -0.2) is 91.7 Å². The molecule has 0 unspecified atom stereocenters. The first-order valence-electron chi connectivity index (χ1n) is 18.4. The molecule has 1 amide bonds. The number of phenols is 3. The lowest BCUT2D eigenvalue weighted by Crippen LogP contribution is -2.46. The van der Waals surface area contributed by atoms with Crippen LogP contribution < -0.4 is 10.1 Å². The van der Waals surface area contributed by atoms with Crippen LogP contribution in [-0.2, 0) is 23.8 Å². The zero-order chi connectivity index (χ0) is 42.1. The second-order valence-electron chi connectivity index (χ2n) is 14.7. The van der Waals surface area contributed by atoms with Gasteiger partial charge in [-0.05, 0) is 19.9 Å². The maximum Gasteiger partial charge on any atom is 0.312 e. The number of thiazole rings is 1. The van der Waals surface area contributed by atoms with Gasteiger partial charge in [-0.25, -0.2) is 9.98 Å². The second kappa shape index (κ2) is 17.1. The molecule has 3 aliphatic heterocycles. The van der Waals surface area contributed by atoms with Crippen LogP contribution in [0.25, 0.3) is 10.8 Å². The smallest absolute Gasteiger partial charge is 0.312 e. The summed E-state index contributed by atoms with van der Waals surface area (Å²) in [6.07, 6.45) is 6.15. The van der Waals surface area contributed by atoms with Gasteiger partial charge in [0.1, 0.15) is 23.4 Å². The molecule has 0 fully saturated rings. The number of anilines is 1. The van der Waals surface area contributed by atoms with Crippen molar-refractivity contribution in [2.75, 3.05) is 12.4 Å². The molecular weight excluding hydrogens is 759 g/mol. The number of nitrogens with one attached hydrogen (secondary N) is 1. The van der Waals surface area contributed by atoms with Crippen LogP contribution in [0.5, 0.6) is 23.0 Å². The maximum absolute atomic E-state index is 14.3. The van der Waals surface area contributed by atoms with E-state index in [9.17, 15) is 39.9 Å². The minimum Gasteiger partial charge on any atom is -0.507 e. The van der Waals surface area contributed by atoms with Crippen LogP contribution in [0.15, 0.2) is 52.7 Å². The number of rotatable bonds is 4. The molecule has 16 heteroatoms. The number of benzene rings is 2. The first-order chi connectivity index (χ1) is 26.8. The van der Waals surface area contributed by atoms with Gasteiger partial charge in [-0.1, -0.05) is 45.9 Å². The van der Waals surface area contributed by atoms with Gasteiger partial charge in [-0.15, -0.1) is 11.3 Å². The van der Waals surface area contributed by atoms with Gasteiger partial charge in [0.25, 0.3) is 11.7 Å². The Morgan fingerprint density at radius 3 is 2.33 bits per heavy atom. The molecule has 3 aliphatic rings. The number of aromatic hydroxyl groups is 3. The quantitative estimate of drug-likeness (QED) is 0.0775. The van der Waals surface area contributed by atoms with Gasteiger partial charge in [0.05, 0.1) is 46.8 Å². The normalized spacial score (nSPS) is 30.8. The minimum absolute atomic E-state index is 0.0377. The number of methoxy groups -OCH3 is 1. The van der Waals surface area contributed by atoms with Crippen molar-refractivity contribution in [3.05, 3.63) is 64.4 Å². The molecule has 1 aromatic heterocycles. The van der Waals surface area contributed by atoms with Gasteiger partial charge in [0, 0.05) is 78.9 Å². The summed E-state index contributed by atoms with van der Waals surface area (Å²) >= 11 is 1.18. The fourth-order valence-corrected chi connectivity index (χ4v) is 7.75. The van der Waals surface area contributed by atoms with Gasteiger partial charge in [0.15, 0.2) is 5.75 Å².